The molecule has 0 aliphatic heterocycles. The number of hydrogen-bond acceptors (Lipinski definition) is 3. The molecular formula is C18H23FN3O3S+. The Hall–Kier alpha value is -2.29. The van der Waals surface area contributed by atoms with Crippen LogP contribution in [0.5, 0.6) is 0 Å². The molecule has 2 aromatic carbocycles. The van der Waals surface area contributed by atoms with Gasteiger partial charge in [0.25, 0.3) is 5.91 Å². The van der Waals surface area contributed by atoms with E-state index in [-0.39, 0.29) is 23.2 Å². The van der Waals surface area contributed by atoms with Crippen molar-refractivity contribution in [1.82, 2.24) is 4.31 Å². The van der Waals surface area contributed by atoms with Crippen LogP contribution >= 0.6 is 0 Å². The van der Waals surface area contributed by atoms with E-state index in [0.29, 0.717) is 17.8 Å². The maximum Gasteiger partial charge on any atom is 0.279 e. The molecule has 0 aromatic heterocycles. The zero-order valence-electron chi connectivity index (χ0n) is 15.0. The maximum absolute atomic E-state index is 13.7. The smallest absolute Gasteiger partial charge is 0.279 e. The van der Waals surface area contributed by atoms with Crippen molar-refractivity contribution in [2.75, 3.05) is 33.0 Å². The summed E-state index contributed by atoms with van der Waals surface area (Å²) >= 11 is 0. The van der Waals surface area contributed by atoms with Crippen LogP contribution < -0.4 is 10.2 Å². The molecule has 2 rings (SSSR count). The number of carbonyl (C=O) groups excluding carboxylic acids is 1. The molecule has 0 saturated carbocycles. The molecule has 140 valence electrons. The van der Waals surface area contributed by atoms with E-state index in [0.717, 1.165) is 9.21 Å². The number of nitrogens with zero attached hydrogens (tertiary/aromatic N) is 1. The van der Waals surface area contributed by atoms with E-state index >= 15 is 0 Å². The Kier molecular flexibility index (Phi) is 6.47. The number of carbonyl (C=O) groups is 1. The number of anilines is 1. The van der Waals surface area contributed by atoms with E-state index in [1.54, 1.807) is 37.4 Å². The van der Waals surface area contributed by atoms with E-state index < -0.39 is 10.0 Å². The van der Waals surface area contributed by atoms with E-state index in [4.69, 9.17) is 0 Å². The quantitative estimate of drug-likeness (QED) is 0.744. The highest BCUT2D eigenvalue weighted by Gasteiger charge is 2.17. The molecule has 0 bridgehead atoms. The van der Waals surface area contributed by atoms with Gasteiger partial charge in [-0.05, 0) is 30.3 Å². The number of benzene rings is 2. The molecule has 0 aliphatic rings. The second-order valence-electron chi connectivity index (χ2n) is 6.26. The van der Waals surface area contributed by atoms with Gasteiger partial charge < -0.3 is 10.2 Å². The Morgan fingerprint density at radius 3 is 2.31 bits per heavy atom. The minimum atomic E-state index is -3.50. The molecule has 0 aliphatic carbocycles. The second kappa shape index (κ2) is 8.39. The molecule has 2 N–H and O–H groups in total. The van der Waals surface area contributed by atoms with Gasteiger partial charge in [-0.1, -0.05) is 18.2 Å². The maximum atomic E-state index is 13.7. The average Bonchev–Trinajstić information content (AvgIpc) is 2.57. The Labute approximate surface area is 153 Å². The molecule has 6 nitrogen and oxygen atoms in total. The van der Waals surface area contributed by atoms with Crippen LogP contribution in [0.3, 0.4) is 0 Å². The fraction of sp³-hybridized carbons (Fsp3) is 0.278. The normalized spacial score (nSPS) is 12.8. The predicted octanol–water partition coefficient (Wildman–Crippen LogP) is 0.729. The van der Waals surface area contributed by atoms with Gasteiger partial charge in [0.2, 0.25) is 10.0 Å². The summed E-state index contributed by atoms with van der Waals surface area (Å²) in [6, 6.07) is 12.4. The van der Waals surface area contributed by atoms with Gasteiger partial charge in [0.1, 0.15) is 12.4 Å². The zero-order chi connectivity index (χ0) is 19.3. The van der Waals surface area contributed by atoms with Gasteiger partial charge in [-0.15, -0.1) is 0 Å². The molecule has 0 radical (unpaired) electrons. The largest absolute Gasteiger partial charge is 0.326 e. The third-order valence-corrected chi connectivity index (χ3v) is 5.66. The third kappa shape index (κ3) is 5.10. The molecule has 0 heterocycles. The summed E-state index contributed by atoms with van der Waals surface area (Å²) in [6.07, 6.45) is 0. The van der Waals surface area contributed by atoms with Crippen LogP contribution in [0.25, 0.3) is 0 Å². The summed E-state index contributed by atoms with van der Waals surface area (Å²) in [5, 5.41) is 2.72. The van der Waals surface area contributed by atoms with E-state index in [1.165, 1.54) is 32.3 Å². The van der Waals surface area contributed by atoms with Gasteiger partial charge in [0.05, 0.1) is 11.9 Å². The first-order valence-electron chi connectivity index (χ1n) is 8.07. The highest BCUT2D eigenvalue weighted by Crippen LogP contribution is 2.16. The van der Waals surface area contributed by atoms with Gasteiger partial charge in [0, 0.05) is 25.3 Å². The lowest BCUT2D eigenvalue weighted by Gasteiger charge is -2.15. The van der Waals surface area contributed by atoms with Crippen LogP contribution in [-0.2, 0) is 21.4 Å². The molecule has 0 fully saturated rings. The van der Waals surface area contributed by atoms with Crippen LogP contribution in [0, 0.1) is 5.82 Å². The number of rotatable bonds is 7. The third-order valence-electron chi connectivity index (χ3n) is 3.83. The molecule has 0 saturated heterocycles. The van der Waals surface area contributed by atoms with Crippen LogP contribution in [-0.4, -0.2) is 46.3 Å². The molecule has 1 amide bonds. The molecule has 26 heavy (non-hydrogen) atoms. The Morgan fingerprint density at radius 2 is 1.73 bits per heavy atom. The lowest BCUT2D eigenvalue weighted by molar-refractivity contribution is -0.885. The standard InChI is InChI=1S/C18H22FN3O3S/c1-21(2)26(24,25)16-10-8-15(9-11-16)20-18(23)13-22(3)12-14-6-4-5-7-17(14)19/h4-11H,12-13H2,1-3H3,(H,20,23)/p+1. The van der Waals surface area contributed by atoms with Crippen molar-refractivity contribution in [3.05, 3.63) is 59.9 Å². The van der Waals surface area contributed by atoms with Crippen molar-refractivity contribution in [3.63, 3.8) is 0 Å². The summed E-state index contributed by atoms with van der Waals surface area (Å²) < 4.78 is 38.8. The van der Waals surface area contributed by atoms with Gasteiger partial charge in [0.15, 0.2) is 6.54 Å². The first kappa shape index (κ1) is 20.0. The first-order valence-corrected chi connectivity index (χ1v) is 9.51. The van der Waals surface area contributed by atoms with Gasteiger partial charge in [-0.25, -0.2) is 17.1 Å². The van der Waals surface area contributed by atoms with E-state index in [2.05, 4.69) is 5.32 Å². The van der Waals surface area contributed by atoms with Gasteiger partial charge >= 0.3 is 0 Å². The van der Waals surface area contributed by atoms with Crippen molar-refractivity contribution >= 4 is 21.6 Å². The zero-order valence-corrected chi connectivity index (χ0v) is 15.8. The molecular weight excluding hydrogens is 357 g/mol. The number of sulfonamides is 1. The SMILES string of the molecule is CN(C)S(=O)(=O)c1ccc(NC(=O)C[NH+](C)Cc2ccccc2F)cc1. The summed E-state index contributed by atoms with van der Waals surface area (Å²) in [4.78, 5) is 13.1. The van der Waals surface area contributed by atoms with Crippen molar-refractivity contribution in [2.45, 2.75) is 11.4 Å². The van der Waals surface area contributed by atoms with Crippen molar-refractivity contribution in [1.29, 1.82) is 0 Å². The van der Waals surface area contributed by atoms with Crippen LogP contribution in [0.15, 0.2) is 53.4 Å². The number of nitrogens with one attached hydrogen (secondary N) is 2. The monoisotopic (exact) mass is 380 g/mol. The van der Waals surface area contributed by atoms with Gasteiger partial charge in [-0.2, -0.15) is 0 Å². The summed E-state index contributed by atoms with van der Waals surface area (Å²) in [5.41, 5.74) is 1.06. The number of halogens is 1. The lowest BCUT2D eigenvalue weighted by Crippen LogP contribution is -3.08. The number of hydrogen-bond donors (Lipinski definition) is 2. The minimum absolute atomic E-state index is 0.155. The number of likely N-dealkylation sites (N-methyl/N-ethyl adjacent to an activating group) is 1. The lowest BCUT2D eigenvalue weighted by atomic mass is 10.2. The van der Waals surface area contributed by atoms with Crippen LogP contribution in [0.2, 0.25) is 0 Å². The molecule has 8 heteroatoms. The highest BCUT2D eigenvalue weighted by molar-refractivity contribution is 7.89. The van der Waals surface area contributed by atoms with Gasteiger partial charge in [-0.3, -0.25) is 4.79 Å². The summed E-state index contributed by atoms with van der Waals surface area (Å²) in [5.74, 6) is -0.521. The van der Waals surface area contributed by atoms with E-state index in [1.807, 2.05) is 0 Å². The highest BCUT2D eigenvalue weighted by atomic mass is 32.2. The average molecular weight is 380 g/mol. The van der Waals surface area contributed by atoms with Crippen LogP contribution in [0.4, 0.5) is 10.1 Å². The molecule has 1 unspecified atom stereocenters. The minimum Gasteiger partial charge on any atom is -0.326 e. The topological polar surface area (TPSA) is 70.9 Å². The Bertz CT molecular complexity index is 868. The first-order chi connectivity index (χ1) is 12.2. The fourth-order valence-corrected chi connectivity index (χ4v) is 3.33. The van der Waals surface area contributed by atoms with Crippen molar-refractivity contribution < 1.29 is 22.5 Å². The predicted molar refractivity (Wildman–Crippen MR) is 97.8 cm³/mol. The Balaban J connectivity index is 1.94. The van der Waals surface area contributed by atoms with Crippen molar-refractivity contribution in [2.24, 2.45) is 0 Å². The number of amides is 1. The summed E-state index contributed by atoms with van der Waals surface area (Å²) in [7, 11) is 1.22. The van der Waals surface area contributed by atoms with Crippen molar-refractivity contribution in [3.8, 4) is 0 Å². The molecule has 1 atom stereocenters. The van der Waals surface area contributed by atoms with E-state index in [9.17, 15) is 17.6 Å². The molecule has 0 spiro atoms. The number of quaternary nitrogens is 1. The fourth-order valence-electron chi connectivity index (χ4n) is 2.43. The van der Waals surface area contributed by atoms with Crippen LogP contribution in [0.1, 0.15) is 5.56 Å². The summed E-state index contributed by atoms with van der Waals surface area (Å²) in [6.45, 7) is 0.548. The molecule has 2 aromatic rings. The Morgan fingerprint density at radius 1 is 1.12 bits per heavy atom. The second-order valence-corrected chi connectivity index (χ2v) is 8.41.